The summed E-state index contributed by atoms with van der Waals surface area (Å²) in [6.45, 7) is 0.392. The van der Waals surface area contributed by atoms with Crippen LogP contribution in [0.5, 0.6) is 0 Å². The average molecular weight is 218 g/mol. The Morgan fingerprint density at radius 3 is 3.07 bits per heavy atom. The van der Waals surface area contributed by atoms with Crippen molar-refractivity contribution >= 4 is 17.7 Å². The summed E-state index contributed by atoms with van der Waals surface area (Å²) >= 11 is 1.88. The van der Waals surface area contributed by atoms with Crippen LogP contribution < -0.4 is 11.1 Å². The first kappa shape index (κ1) is 11.8. The molecular formula is C9H18N2O2S. The summed E-state index contributed by atoms with van der Waals surface area (Å²) < 4.78 is 5.04. The van der Waals surface area contributed by atoms with Gasteiger partial charge in [-0.1, -0.05) is 0 Å². The van der Waals surface area contributed by atoms with Crippen LogP contribution in [-0.2, 0) is 9.53 Å². The van der Waals surface area contributed by atoms with Gasteiger partial charge >= 0.3 is 0 Å². The van der Waals surface area contributed by atoms with E-state index in [0.717, 1.165) is 17.9 Å². The zero-order valence-electron chi connectivity index (χ0n) is 8.49. The molecule has 0 spiro atoms. The van der Waals surface area contributed by atoms with Crippen LogP contribution >= 0.6 is 11.8 Å². The molecule has 4 nitrogen and oxygen atoms in total. The van der Waals surface area contributed by atoms with Crippen molar-refractivity contribution in [1.82, 2.24) is 5.32 Å². The molecule has 5 heteroatoms. The van der Waals surface area contributed by atoms with Gasteiger partial charge in [0.1, 0.15) is 0 Å². The summed E-state index contributed by atoms with van der Waals surface area (Å²) in [5, 5.41) is 2.98. The topological polar surface area (TPSA) is 64.3 Å². The third-order valence-electron chi connectivity index (χ3n) is 2.30. The molecule has 1 aliphatic heterocycles. The highest BCUT2D eigenvalue weighted by Crippen LogP contribution is 2.17. The molecule has 1 fully saturated rings. The van der Waals surface area contributed by atoms with Gasteiger partial charge in [0.25, 0.3) is 0 Å². The van der Waals surface area contributed by atoms with Crippen molar-refractivity contribution in [2.24, 2.45) is 5.73 Å². The van der Waals surface area contributed by atoms with Crippen LogP contribution in [0.1, 0.15) is 12.8 Å². The molecule has 2 unspecified atom stereocenters. The third-order valence-corrected chi connectivity index (χ3v) is 3.47. The fraction of sp³-hybridized carbons (Fsp3) is 0.889. The summed E-state index contributed by atoms with van der Waals surface area (Å²) in [7, 11) is 1.58. The first-order chi connectivity index (χ1) is 6.76. The molecule has 1 saturated heterocycles. The van der Waals surface area contributed by atoms with E-state index in [2.05, 4.69) is 5.32 Å². The van der Waals surface area contributed by atoms with Crippen LogP contribution in [0, 0.1) is 0 Å². The number of ether oxygens (including phenoxy) is 1. The highest BCUT2D eigenvalue weighted by molar-refractivity contribution is 7.99. The minimum atomic E-state index is -0.149. The maximum Gasteiger partial charge on any atom is 0.222 e. The zero-order valence-corrected chi connectivity index (χ0v) is 9.31. The molecule has 0 bridgehead atoms. The van der Waals surface area contributed by atoms with E-state index in [-0.39, 0.29) is 12.0 Å². The first-order valence-electron chi connectivity index (χ1n) is 4.86. The second kappa shape index (κ2) is 6.27. The SMILES string of the molecule is COC(CN)CC(=O)NC1CCSC1. The van der Waals surface area contributed by atoms with Crippen LogP contribution in [0.3, 0.4) is 0 Å². The van der Waals surface area contributed by atoms with E-state index in [1.807, 2.05) is 11.8 Å². The van der Waals surface area contributed by atoms with E-state index in [1.54, 1.807) is 7.11 Å². The van der Waals surface area contributed by atoms with Crippen LogP contribution in [0.15, 0.2) is 0 Å². The van der Waals surface area contributed by atoms with Gasteiger partial charge in [0.15, 0.2) is 0 Å². The molecule has 0 aromatic carbocycles. The normalized spacial score (nSPS) is 23.4. The summed E-state index contributed by atoms with van der Waals surface area (Å²) in [4.78, 5) is 11.5. The number of hydrogen-bond donors (Lipinski definition) is 2. The third kappa shape index (κ3) is 3.86. The van der Waals surface area contributed by atoms with Crippen molar-refractivity contribution in [2.75, 3.05) is 25.2 Å². The number of thioether (sulfide) groups is 1. The lowest BCUT2D eigenvalue weighted by Crippen LogP contribution is -2.38. The van der Waals surface area contributed by atoms with Gasteiger partial charge in [-0.2, -0.15) is 11.8 Å². The van der Waals surface area contributed by atoms with E-state index in [1.165, 1.54) is 0 Å². The largest absolute Gasteiger partial charge is 0.380 e. The molecule has 1 aliphatic rings. The van der Waals surface area contributed by atoms with Crippen LogP contribution in [0.4, 0.5) is 0 Å². The molecule has 2 atom stereocenters. The molecule has 0 aromatic heterocycles. The Hall–Kier alpha value is -0.260. The fourth-order valence-corrected chi connectivity index (χ4v) is 2.56. The summed E-state index contributed by atoms with van der Waals surface area (Å²) in [5.74, 6) is 2.23. The molecule has 82 valence electrons. The smallest absolute Gasteiger partial charge is 0.222 e. The molecule has 14 heavy (non-hydrogen) atoms. The Morgan fingerprint density at radius 2 is 2.57 bits per heavy atom. The maximum atomic E-state index is 11.5. The summed E-state index contributed by atoms with van der Waals surface area (Å²) in [6, 6.07) is 0.350. The average Bonchev–Trinajstić information content (AvgIpc) is 2.66. The standard InChI is InChI=1S/C9H18N2O2S/c1-13-8(5-10)4-9(12)11-7-2-3-14-6-7/h7-8H,2-6,10H2,1H3,(H,11,12). The Labute approximate surface area is 88.9 Å². The maximum absolute atomic E-state index is 11.5. The Kier molecular flexibility index (Phi) is 5.29. The van der Waals surface area contributed by atoms with Gasteiger partial charge < -0.3 is 15.8 Å². The minimum absolute atomic E-state index is 0.0507. The van der Waals surface area contributed by atoms with E-state index >= 15 is 0 Å². The van der Waals surface area contributed by atoms with E-state index < -0.39 is 0 Å². The molecule has 3 N–H and O–H groups in total. The second-order valence-corrected chi connectivity index (χ2v) is 4.58. The van der Waals surface area contributed by atoms with Gasteiger partial charge in [0.05, 0.1) is 12.5 Å². The van der Waals surface area contributed by atoms with E-state index in [0.29, 0.717) is 19.0 Å². The van der Waals surface area contributed by atoms with Crippen molar-refractivity contribution < 1.29 is 9.53 Å². The molecule has 0 radical (unpaired) electrons. The van der Waals surface area contributed by atoms with Crippen molar-refractivity contribution in [1.29, 1.82) is 0 Å². The molecule has 0 saturated carbocycles. The Morgan fingerprint density at radius 1 is 1.79 bits per heavy atom. The van der Waals surface area contributed by atoms with Crippen molar-refractivity contribution in [3.63, 3.8) is 0 Å². The predicted octanol–water partition coefficient (Wildman–Crippen LogP) is -0.0281. The van der Waals surface area contributed by atoms with E-state index in [4.69, 9.17) is 10.5 Å². The number of amides is 1. The highest BCUT2D eigenvalue weighted by atomic mass is 32.2. The van der Waals surface area contributed by atoms with Gasteiger partial charge in [0.2, 0.25) is 5.91 Å². The Bertz CT molecular complexity index is 174. The lowest BCUT2D eigenvalue weighted by Gasteiger charge is -2.15. The van der Waals surface area contributed by atoms with Crippen molar-refractivity contribution in [2.45, 2.75) is 25.0 Å². The summed E-state index contributed by atoms with van der Waals surface area (Å²) in [6.07, 6.45) is 1.30. The van der Waals surface area contributed by atoms with Crippen LogP contribution in [-0.4, -0.2) is 43.2 Å². The van der Waals surface area contributed by atoms with Gasteiger partial charge in [0, 0.05) is 25.4 Å². The zero-order chi connectivity index (χ0) is 10.4. The lowest BCUT2D eigenvalue weighted by atomic mass is 10.2. The number of methoxy groups -OCH3 is 1. The second-order valence-electron chi connectivity index (χ2n) is 3.43. The number of rotatable bonds is 5. The Balaban J connectivity index is 2.20. The van der Waals surface area contributed by atoms with Gasteiger partial charge in [-0.25, -0.2) is 0 Å². The van der Waals surface area contributed by atoms with Gasteiger partial charge in [-0.05, 0) is 12.2 Å². The van der Waals surface area contributed by atoms with Crippen molar-refractivity contribution in [3.8, 4) is 0 Å². The quantitative estimate of drug-likeness (QED) is 0.680. The monoisotopic (exact) mass is 218 g/mol. The van der Waals surface area contributed by atoms with Crippen molar-refractivity contribution in [3.05, 3.63) is 0 Å². The van der Waals surface area contributed by atoms with E-state index in [9.17, 15) is 4.79 Å². The van der Waals surface area contributed by atoms with Crippen LogP contribution in [0.25, 0.3) is 0 Å². The highest BCUT2D eigenvalue weighted by Gasteiger charge is 2.19. The number of nitrogens with two attached hydrogens (primary N) is 1. The number of carbonyl (C=O) groups excluding carboxylic acids is 1. The summed E-state index contributed by atoms with van der Waals surface area (Å²) in [5.41, 5.74) is 5.43. The van der Waals surface area contributed by atoms with Gasteiger partial charge in [-0.3, -0.25) is 4.79 Å². The predicted molar refractivity (Wildman–Crippen MR) is 58.3 cm³/mol. The molecule has 0 aliphatic carbocycles. The molecule has 1 rings (SSSR count). The van der Waals surface area contributed by atoms with Crippen LogP contribution in [0.2, 0.25) is 0 Å². The number of hydrogen-bond acceptors (Lipinski definition) is 4. The first-order valence-corrected chi connectivity index (χ1v) is 6.01. The number of nitrogens with one attached hydrogen (secondary N) is 1. The molecule has 1 amide bonds. The van der Waals surface area contributed by atoms with Gasteiger partial charge in [-0.15, -0.1) is 0 Å². The fourth-order valence-electron chi connectivity index (χ4n) is 1.40. The molecule has 0 aromatic rings. The molecular weight excluding hydrogens is 200 g/mol. The number of carbonyl (C=O) groups is 1. The lowest BCUT2D eigenvalue weighted by molar-refractivity contribution is -0.123. The minimum Gasteiger partial charge on any atom is -0.380 e. The molecule has 1 heterocycles.